The molecule has 1 aliphatic heterocycles. The molecule has 1 saturated carbocycles. The van der Waals surface area contributed by atoms with E-state index in [-0.39, 0.29) is 12.5 Å². The Morgan fingerprint density at radius 3 is 2.62 bits per heavy atom. The van der Waals surface area contributed by atoms with Gasteiger partial charge in [0.2, 0.25) is 5.91 Å². The number of nitrogens with two attached hydrogens (primary N) is 1. The van der Waals surface area contributed by atoms with Crippen molar-refractivity contribution in [3.8, 4) is 0 Å². The van der Waals surface area contributed by atoms with Gasteiger partial charge in [0.25, 0.3) is 0 Å². The van der Waals surface area contributed by atoms with Crippen LogP contribution in [0.5, 0.6) is 0 Å². The summed E-state index contributed by atoms with van der Waals surface area (Å²) in [4.78, 5) is 16.7. The first-order valence-corrected chi connectivity index (χ1v) is 8.05. The van der Waals surface area contributed by atoms with Crippen LogP contribution in [0.3, 0.4) is 0 Å². The predicted octanol–water partition coefficient (Wildman–Crippen LogP) is 1.60. The quantitative estimate of drug-likeness (QED) is 0.895. The third-order valence-electron chi connectivity index (χ3n) is 4.53. The van der Waals surface area contributed by atoms with Gasteiger partial charge in [-0.25, -0.2) is 0 Å². The number of hydrogen-bond donors (Lipinski definition) is 1. The minimum atomic E-state index is 0.129. The predicted molar refractivity (Wildman–Crippen MR) is 83.7 cm³/mol. The Hall–Kier alpha value is -1.39. The van der Waals surface area contributed by atoms with Gasteiger partial charge >= 0.3 is 0 Å². The van der Waals surface area contributed by atoms with E-state index in [0.29, 0.717) is 12.1 Å². The van der Waals surface area contributed by atoms with E-state index in [0.717, 1.165) is 38.9 Å². The molecule has 1 aromatic carbocycles. The molecule has 2 fully saturated rings. The molecular weight excluding hydrogens is 262 g/mol. The Kier molecular flexibility index (Phi) is 4.56. The molecule has 4 nitrogen and oxygen atoms in total. The van der Waals surface area contributed by atoms with Crippen molar-refractivity contribution in [1.82, 2.24) is 9.80 Å². The van der Waals surface area contributed by atoms with Crippen molar-refractivity contribution in [3.63, 3.8) is 0 Å². The topological polar surface area (TPSA) is 49.6 Å². The summed E-state index contributed by atoms with van der Waals surface area (Å²) >= 11 is 0. The maximum atomic E-state index is 12.1. The molecule has 1 amide bonds. The largest absolute Gasteiger partial charge is 0.334 e. The van der Waals surface area contributed by atoms with Gasteiger partial charge in [-0.15, -0.1) is 0 Å². The minimum absolute atomic E-state index is 0.129. The van der Waals surface area contributed by atoms with E-state index in [2.05, 4.69) is 40.1 Å². The molecule has 1 saturated heterocycles. The van der Waals surface area contributed by atoms with Gasteiger partial charge in [-0.2, -0.15) is 0 Å². The molecule has 2 N–H and O–H groups in total. The highest BCUT2D eigenvalue weighted by molar-refractivity contribution is 5.79. The SMILES string of the molecule is NCC(=O)N(C1CC1)[C@@H]1CCCN(Cc2ccccc2)C1. The van der Waals surface area contributed by atoms with Crippen LogP contribution in [0.2, 0.25) is 0 Å². The smallest absolute Gasteiger partial charge is 0.236 e. The maximum absolute atomic E-state index is 12.1. The van der Waals surface area contributed by atoms with E-state index < -0.39 is 0 Å². The molecule has 0 unspecified atom stereocenters. The van der Waals surface area contributed by atoms with Gasteiger partial charge in [0.15, 0.2) is 0 Å². The van der Waals surface area contributed by atoms with Crippen LogP contribution < -0.4 is 5.73 Å². The Bertz CT molecular complexity index is 472. The van der Waals surface area contributed by atoms with E-state index >= 15 is 0 Å². The average Bonchev–Trinajstić information content (AvgIpc) is 3.33. The summed E-state index contributed by atoms with van der Waals surface area (Å²) in [5, 5.41) is 0. The summed E-state index contributed by atoms with van der Waals surface area (Å²) in [5.74, 6) is 0.129. The zero-order chi connectivity index (χ0) is 14.7. The standard InChI is InChI=1S/C17H25N3O/c18-11-17(21)20(15-8-9-15)16-7-4-10-19(13-16)12-14-5-2-1-3-6-14/h1-3,5-6,15-16H,4,7-13,18H2/t16-/m1/s1. The van der Waals surface area contributed by atoms with Crippen molar-refractivity contribution in [2.75, 3.05) is 19.6 Å². The highest BCUT2D eigenvalue weighted by Crippen LogP contribution is 2.31. The maximum Gasteiger partial charge on any atom is 0.236 e. The van der Waals surface area contributed by atoms with E-state index in [4.69, 9.17) is 5.73 Å². The Morgan fingerprint density at radius 1 is 1.19 bits per heavy atom. The second-order valence-electron chi connectivity index (χ2n) is 6.25. The van der Waals surface area contributed by atoms with Crippen LogP contribution in [0, 0.1) is 0 Å². The van der Waals surface area contributed by atoms with Gasteiger partial charge in [0.1, 0.15) is 0 Å². The lowest BCUT2D eigenvalue weighted by Crippen LogP contribution is -2.52. The van der Waals surface area contributed by atoms with E-state index in [9.17, 15) is 4.79 Å². The first kappa shape index (κ1) is 14.5. The second-order valence-corrected chi connectivity index (χ2v) is 6.25. The lowest BCUT2D eigenvalue weighted by molar-refractivity contribution is -0.133. The van der Waals surface area contributed by atoms with E-state index in [1.54, 1.807) is 0 Å². The number of benzene rings is 1. The van der Waals surface area contributed by atoms with Crippen molar-refractivity contribution in [1.29, 1.82) is 0 Å². The van der Waals surface area contributed by atoms with Crippen LogP contribution >= 0.6 is 0 Å². The summed E-state index contributed by atoms with van der Waals surface area (Å²) in [7, 11) is 0. The fourth-order valence-corrected chi connectivity index (χ4v) is 3.41. The molecule has 1 aromatic rings. The molecule has 4 heteroatoms. The number of piperidine rings is 1. The van der Waals surface area contributed by atoms with Gasteiger partial charge in [-0.1, -0.05) is 30.3 Å². The lowest BCUT2D eigenvalue weighted by Gasteiger charge is -2.39. The Labute approximate surface area is 126 Å². The van der Waals surface area contributed by atoms with Crippen LogP contribution in [0.25, 0.3) is 0 Å². The highest BCUT2D eigenvalue weighted by atomic mass is 16.2. The number of rotatable bonds is 5. The minimum Gasteiger partial charge on any atom is -0.334 e. The van der Waals surface area contributed by atoms with Crippen molar-refractivity contribution in [2.24, 2.45) is 5.73 Å². The molecular formula is C17H25N3O. The van der Waals surface area contributed by atoms with Crippen molar-refractivity contribution >= 4 is 5.91 Å². The van der Waals surface area contributed by atoms with Crippen LogP contribution in [0.4, 0.5) is 0 Å². The second kappa shape index (κ2) is 6.58. The number of carbonyl (C=O) groups is 1. The van der Waals surface area contributed by atoms with Crippen LogP contribution in [-0.2, 0) is 11.3 Å². The van der Waals surface area contributed by atoms with Crippen molar-refractivity contribution < 1.29 is 4.79 Å². The Balaban J connectivity index is 1.63. The van der Waals surface area contributed by atoms with Crippen molar-refractivity contribution in [2.45, 2.75) is 44.3 Å². The monoisotopic (exact) mass is 287 g/mol. The molecule has 0 aromatic heterocycles. The first-order chi connectivity index (χ1) is 10.3. The van der Waals surface area contributed by atoms with Gasteiger partial charge < -0.3 is 10.6 Å². The van der Waals surface area contributed by atoms with Gasteiger partial charge in [0.05, 0.1) is 6.54 Å². The normalized spacial score (nSPS) is 23.0. The first-order valence-electron chi connectivity index (χ1n) is 8.05. The number of likely N-dealkylation sites (tertiary alicyclic amines) is 1. The summed E-state index contributed by atoms with van der Waals surface area (Å²) in [5.41, 5.74) is 6.95. The lowest BCUT2D eigenvalue weighted by atomic mass is 10.0. The molecule has 1 aliphatic carbocycles. The van der Waals surface area contributed by atoms with Gasteiger partial charge in [-0.05, 0) is 37.8 Å². The number of nitrogens with zero attached hydrogens (tertiary/aromatic N) is 2. The third-order valence-corrected chi connectivity index (χ3v) is 4.53. The number of hydrogen-bond acceptors (Lipinski definition) is 3. The molecule has 1 heterocycles. The number of carbonyl (C=O) groups excluding carboxylic acids is 1. The summed E-state index contributed by atoms with van der Waals surface area (Å²) in [6.07, 6.45) is 4.59. The molecule has 0 bridgehead atoms. The van der Waals surface area contributed by atoms with E-state index in [1.807, 2.05) is 0 Å². The molecule has 3 rings (SSSR count). The fraction of sp³-hybridized carbons (Fsp3) is 0.588. The van der Waals surface area contributed by atoms with Gasteiger partial charge in [-0.3, -0.25) is 9.69 Å². The molecule has 0 spiro atoms. The van der Waals surface area contributed by atoms with Crippen LogP contribution in [0.1, 0.15) is 31.2 Å². The summed E-state index contributed by atoms with van der Waals surface area (Å²) in [6, 6.07) is 11.4. The molecule has 1 atom stereocenters. The zero-order valence-electron chi connectivity index (χ0n) is 12.6. The Morgan fingerprint density at radius 2 is 1.95 bits per heavy atom. The highest BCUT2D eigenvalue weighted by Gasteiger charge is 2.38. The van der Waals surface area contributed by atoms with Crippen molar-refractivity contribution in [3.05, 3.63) is 35.9 Å². The molecule has 21 heavy (non-hydrogen) atoms. The summed E-state index contributed by atoms with van der Waals surface area (Å²) < 4.78 is 0. The van der Waals surface area contributed by atoms with Gasteiger partial charge in [0, 0.05) is 25.2 Å². The van der Waals surface area contributed by atoms with E-state index in [1.165, 1.54) is 12.0 Å². The summed E-state index contributed by atoms with van der Waals surface area (Å²) in [6.45, 7) is 3.23. The van der Waals surface area contributed by atoms with Crippen LogP contribution in [-0.4, -0.2) is 47.4 Å². The molecule has 2 aliphatic rings. The zero-order valence-corrected chi connectivity index (χ0v) is 12.6. The fourth-order valence-electron chi connectivity index (χ4n) is 3.41. The molecule has 0 radical (unpaired) electrons. The molecule has 114 valence electrons. The number of amides is 1. The average molecular weight is 287 g/mol. The third kappa shape index (κ3) is 3.63. The van der Waals surface area contributed by atoms with Crippen LogP contribution in [0.15, 0.2) is 30.3 Å².